The molecule has 0 bridgehead atoms. The van der Waals surface area contributed by atoms with Gasteiger partial charge in [0.15, 0.2) is 6.04 Å². The van der Waals surface area contributed by atoms with Crippen LogP contribution >= 0.6 is 0 Å². The number of rotatable bonds is 22. The normalized spacial score (nSPS) is 14.9. The zero-order valence-electron chi connectivity index (χ0n) is 28.5. The van der Waals surface area contributed by atoms with Gasteiger partial charge in [-0.15, -0.1) is 0 Å². The van der Waals surface area contributed by atoms with E-state index in [1.807, 2.05) is 0 Å². The lowest BCUT2D eigenvalue weighted by atomic mass is 10.0. The van der Waals surface area contributed by atoms with Crippen molar-refractivity contribution < 1.29 is 27.6 Å². The topological polar surface area (TPSA) is 141 Å². The van der Waals surface area contributed by atoms with E-state index in [-0.39, 0.29) is 17.2 Å². The Hall–Kier alpha value is -4.09. The van der Waals surface area contributed by atoms with Crippen molar-refractivity contribution in [1.29, 1.82) is 0 Å². The monoisotopic (exact) mass is 690 g/mol. The molecule has 10 nitrogen and oxygen atoms in total. The molecule has 1 aliphatic rings. The number of hydrazone groups is 1. The number of nitrogens with zero attached hydrogens (tertiary/aromatic N) is 4. The first-order valence-corrected chi connectivity index (χ1v) is 19.2. The van der Waals surface area contributed by atoms with Crippen molar-refractivity contribution in [3.05, 3.63) is 72.8 Å². The van der Waals surface area contributed by atoms with Crippen LogP contribution in [0.25, 0.3) is 0 Å². The SMILES string of the molecule is CCCCCCCCCCCCCCCCCC1=NN(c2ccc(Oc3ccccc3)c(S(=O)(=O)O)c2)C(=O)C1/N=N/c1cccc(O)c1. The Morgan fingerprint density at radius 2 is 1.39 bits per heavy atom. The second kappa shape index (κ2) is 19.8. The molecule has 1 amide bonds. The number of carbonyl (C=O) groups is 1. The number of benzene rings is 3. The van der Waals surface area contributed by atoms with Gasteiger partial charge < -0.3 is 9.84 Å². The first-order valence-electron chi connectivity index (χ1n) is 17.7. The average Bonchev–Trinajstić information content (AvgIpc) is 3.40. The molecule has 1 aliphatic heterocycles. The molecule has 0 fully saturated rings. The minimum atomic E-state index is -4.72. The quantitative estimate of drug-likeness (QED) is 0.0610. The zero-order chi connectivity index (χ0) is 34.9. The Morgan fingerprint density at radius 3 is 1.98 bits per heavy atom. The van der Waals surface area contributed by atoms with Gasteiger partial charge in [-0.2, -0.15) is 28.8 Å². The predicted molar refractivity (Wildman–Crippen MR) is 194 cm³/mol. The van der Waals surface area contributed by atoms with E-state index in [0.29, 0.717) is 23.6 Å². The smallest absolute Gasteiger partial charge is 0.298 e. The van der Waals surface area contributed by atoms with Crippen molar-refractivity contribution in [2.45, 2.75) is 121 Å². The Labute approximate surface area is 291 Å². The van der Waals surface area contributed by atoms with Crippen molar-refractivity contribution >= 4 is 33.1 Å². The van der Waals surface area contributed by atoms with Crippen LogP contribution < -0.4 is 9.75 Å². The number of hydrogen-bond donors (Lipinski definition) is 2. The van der Waals surface area contributed by atoms with Crippen molar-refractivity contribution in [2.75, 3.05) is 5.01 Å². The molecule has 0 saturated carbocycles. The molecular weight excluding hydrogens is 641 g/mol. The van der Waals surface area contributed by atoms with E-state index in [1.54, 1.807) is 42.5 Å². The molecule has 0 aromatic heterocycles. The van der Waals surface area contributed by atoms with E-state index in [2.05, 4.69) is 22.3 Å². The van der Waals surface area contributed by atoms with Crippen molar-refractivity contribution in [1.82, 2.24) is 0 Å². The largest absolute Gasteiger partial charge is 0.508 e. The maximum Gasteiger partial charge on any atom is 0.298 e. The number of carbonyl (C=O) groups excluding carboxylic acids is 1. The number of aromatic hydroxyl groups is 1. The first-order chi connectivity index (χ1) is 23.8. The summed E-state index contributed by atoms with van der Waals surface area (Å²) in [4.78, 5) is 13.2. The van der Waals surface area contributed by atoms with Crippen LogP contribution in [0.1, 0.15) is 110 Å². The van der Waals surface area contributed by atoms with Crippen molar-refractivity contribution in [3.8, 4) is 17.2 Å². The number of ether oxygens (including phenoxy) is 1. The van der Waals surface area contributed by atoms with Crippen LogP contribution in [-0.2, 0) is 14.9 Å². The third kappa shape index (κ3) is 12.4. The summed E-state index contributed by atoms with van der Waals surface area (Å²) in [6, 6.07) is 17.9. The standard InChI is InChI=1S/C38H50N4O6S/c1-2-3-4-5-6-7-8-9-10-11-12-13-14-15-19-25-34-37(40-39-30-21-20-22-32(43)28-30)38(44)42(41-34)31-26-27-35(36(29-31)49(45,46)47)48-33-23-17-16-18-24-33/h16-18,20-24,26-29,37,43H,2-15,19,25H2,1H3,(H,45,46,47)/b40-39+. The number of anilines is 1. The number of azo groups is 1. The number of para-hydroxylation sites is 1. The van der Waals surface area contributed by atoms with Gasteiger partial charge >= 0.3 is 0 Å². The molecule has 264 valence electrons. The van der Waals surface area contributed by atoms with Crippen LogP contribution in [0.3, 0.4) is 0 Å². The molecule has 0 radical (unpaired) electrons. The minimum absolute atomic E-state index is 0.0260. The Morgan fingerprint density at radius 1 is 0.776 bits per heavy atom. The number of phenolic OH excluding ortho intramolecular Hbond substituents is 1. The highest BCUT2D eigenvalue weighted by molar-refractivity contribution is 7.86. The molecule has 49 heavy (non-hydrogen) atoms. The van der Waals surface area contributed by atoms with E-state index >= 15 is 0 Å². The molecular formula is C38H50N4O6S. The summed E-state index contributed by atoms with van der Waals surface area (Å²) in [5.74, 6) is -0.184. The maximum absolute atomic E-state index is 13.7. The molecule has 4 rings (SSSR count). The van der Waals surface area contributed by atoms with Crippen LogP contribution in [0, 0.1) is 0 Å². The summed E-state index contributed by atoms with van der Waals surface area (Å²) < 4.78 is 40.5. The van der Waals surface area contributed by atoms with Crippen molar-refractivity contribution in [2.24, 2.45) is 15.3 Å². The highest BCUT2D eigenvalue weighted by Gasteiger charge is 2.37. The fourth-order valence-corrected chi connectivity index (χ4v) is 6.50. The van der Waals surface area contributed by atoms with Crippen LogP contribution in [0.15, 0.2) is 93.0 Å². The maximum atomic E-state index is 13.7. The lowest BCUT2D eigenvalue weighted by Crippen LogP contribution is -2.30. The van der Waals surface area contributed by atoms with Gasteiger partial charge in [-0.25, -0.2) is 0 Å². The van der Waals surface area contributed by atoms with Gasteiger partial charge in [0.25, 0.3) is 16.0 Å². The molecule has 11 heteroatoms. The minimum Gasteiger partial charge on any atom is -0.508 e. The predicted octanol–water partition coefficient (Wildman–Crippen LogP) is 10.5. The summed E-state index contributed by atoms with van der Waals surface area (Å²) in [6.07, 6.45) is 19.2. The number of amides is 1. The number of unbranched alkanes of at least 4 members (excludes halogenated alkanes) is 14. The summed E-state index contributed by atoms with van der Waals surface area (Å²) in [5, 5.41) is 24.0. The van der Waals surface area contributed by atoms with Crippen LogP contribution in [0.2, 0.25) is 0 Å². The lowest BCUT2D eigenvalue weighted by molar-refractivity contribution is -0.117. The van der Waals surface area contributed by atoms with Crippen molar-refractivity contribution in [3.63, 3.8) is 0 Å². The van der Waals surface area contributed by atoms with Gasteiger partial charge in [0.05, 0.1) is 17.1 Å². The average molecular weight is 691 g/mol. The van der Waals surface area contributed by atoms with E-state index < -0.39 is 27.0 Å². The van der Waals surface area contributed by atoms with E-state index in [0.717, 1.165) is 30.3 Å². The summed E-state index contributed by atoms with van der Waals surface area (Å²) in [7, 11) is -4.72. The van der Waals surface area contributed by atoms with Crippen LogP contribution in [0.5, 0.6) is 17.2 Å². The fraction of sp³-hybridized carbons (Fsp3) is 0.474. The van der Waals surface area contributed by atoms with Gasteiger partial charge in [-0.3, -0.25) is 9.35 Å². The van der Waals surface area contributed by atoms with Gasteiger partial charge in [0.2, 0.25) is 0 Å². The van der Waals surface area contributed by atoms with Gasteiger partial charge in [-0.1, -0.05) is 121 Å². The second-order valence-corrected chi connectivity index (χ2v) is 14.0. The highest BCUT2D eigenvalue weighted by Crippen LogP contribution is 2.34. The number of hydrogen-bond acceptors (Lipinski definition) is 8. The Bertz CT molecular complexity index is 1640. The lowest BCUT2D eigenvalue weighted by Gasteiger charge is -2.15. The molecule has 1 unspecified atom stereocenters. The molecule has 2 N–H and O–H groups in total. The van der Waals surface area contributed by atoms with E-state index in [9.17, 15) is 22.9 Å². The highest BCUT2D eigenvalue weighted by atomic mass is 32.2. The van der Waals surface area contributed by atoms with E-state index in [1.165, 1.54) is 101 Å². The molecule has 0 aliphatic carbocycles. The third-order valence-electron chi connectivity index (χ3n) is 8.56. The fourth-order valence-electron chi connectivity index (χ4n) is 5.87. The van der Waals surface area contributed by atoms with Gasteiger partial charge in [-0.05, 0) is 55.3 Å². The Balaban J connectivity index is 1.36. The van der Waals surface area contributed by atoms with Crippen LogP contribution in [0.4, 0.5) is 11.4 Å². The summed E-state index contributed by atoms with van der Waals surface area (Å²) >= 11 is 0. The molecule has 0 spiro atoms. The van der Waals surface area contributed by atoms with Crippen LogP contribution in [-0.4, -0.2) is 35.7 Å². The molecule has 3 aromatic rings. The summed E-state index contributed by atoms with van der Waals surface area (Å²) in [6.45, 7) is 2.25. The van der Waals surface area contributed by atoms with Gasteiger partial charge in [0, 0.05) is 6.07 Å². The molecule has 3 aromatic carbocycles. The second-order valence-electron chi connectivity index (χ2n) is 12.6. The third-order valence-corrected chi connectivity index (χ3v) is 9.44. The number of phenols is 1. The summed E-state index contributed by atoms with van der Waals surface area (Å²) in [5.41, 5.74) is 1.04. The molecule has 1 heterocycles. The zero-order valence-corrected chi connectivity index (χ0v) is 29.4. The van der Waals surface area contributed by atoms with E-state index in [4.69, 9.17) is 4.74 Å². The first kappa shape index (κ1) is 37.7. The Kier molecular flexibility index (Phi) is 15.2. The molecule has 0 saturated heterocycles. The molecule has 1 atom stereocenters. The van der Waals surface area contributed by atoms with Gasteiger partial charge in [0.1, 0.15) is 22.1 Å².